The van der Waals surface area contributed by atoms with Crippen LogP contribution in [0.25, 0.3) is 0 Å². The minimum atomic E-state index is -0.519. The van der Waals surface area contributed by atoms with Gasteiger partial charge in [0.1, 0.15) is 5.75 Å². The highest BCUT2D eigenvalue weighted by atomic mass is 16.5. The number of ketones is 1. The summed E-state index contributed by atoms with van der Waals surface area (Å²) in [6.45, 7) is 3.77. The molecule has 1 aliphatic heterocycles. The van der Waals surface area contributed by atoms with E-state index in [9.17, 15) is 9.59 Å². The van der Waals surface area contributed by atoms with Crippen LogP contribution in [0, 0.1) is 0 Å². The fourth-order valence-electron chi connectivity index (χ4n) is 2.29. The van der Waals surface area contributed by atoms with E-state index in [1.54, 1.807) is 39.1 Å². The number of amides is 1. The van der Waals surface area contributed by atoms with Gasteiger partial charge in [0.15, 0.2) is 11.9 Å². The number of Topliss-reactive ketones (excluding diaryl/α,β-unsaturated/α-hetero) is 1. The molecule has 6 nitrogen and oxygen atoms in total. The number of ether oxygens (including phenoxy) is 1. The number of anilines is 1. The molecule has 1 aromatic carbocycles. The van der Waals surface area contributed by atoms with E-state index < -0.39 is 12.1 Å². The van der Waals surface area contributed by atoms with Gasteiger partial charge in [-0.25, -0.2) is 0 Å². The number of hydrogen-bond donors (Lipinski definition) is 2. The molecule has 2 N–H and O–H groups in total. The summed E-state index contributed by atoms with van der Waals surface area (Å²) < 4.78 is 5.52. The van der Waals surface area contributed by atoms with Crippen LogP contribution in [0.2, 0.25) is 0 Å². The first-order chi connectivity index (χ1) is 9.95. The van der Waals surface area contributed by atoms with Gasteiger partial charge in [0.25, 0.3) is 5.91 Å². The van der Waals surface area contributed by atoms with Crippen LogP contribution in [0.3, 0.4) is 0 Å². The lowest BCUT2D eigenvalue weighted by atomic mass is 10.0. The second-order valence-corrected chi connectivity index (χ2v) is 5.10. The zero-order chi connectivity index (χ0) is 15.6. The minimum absolute atomic E-state index is 0.0230. The molecule has 0 aromatic heterocycles. The molecule has 0 saturated carbocycles. The monoisotopic (exact) mass is 292 g/mol. The first-order valence-electron chi connectivity index (χ1n) is 6.92. The summed E-state index contributed by atoms with van der Waals surface area (Å²) in [5, 5.41) is 11.7. The second-order valence-electron chi connectivity index (χ2n) is 5.10. The topological polar surface area (TPSA) is 78.9 Å². The van der Waals surface area contributed by atoms with E-state index in [4.69, 9.17) is 9.84 Å². The Bertz CT molecular complexity index is 559. The predicted octanol–water partition coefficient (Wildman–Crippen LogP) is 0.583. The minimum Gasteiger partial charge on any atom is -0.479 e. The third kappa shape index (κ3) is 3.06. The highest BCUT2D eigenvalue weighted by molar-refractivity contribution is 6.04. The van der Waals surface area contributed by atoms with E-state index in [0.717, 1.165) is 0 Å². The molecule has 0 radical (unpaired) electrons. The molecule has 0 saturated heterocycles. The lowest BCUT2D eigenvalue weighted by molar-refractivity contribution is -0.125. The van der Waals surface area contributed by atoms with Crippen molar-refractivity contribution in [3.8, 4) is 5.75 Å². The van der Waals surface area contributed by atoms with Crippen LogP contribution in [-0.2, 0) is 4.79 Å². The van der Waals surface area contributed by atoms with Gasteiger partial charge in [0, 0.05) is 19.2 Å². The third-order valence-corrected chi connectivity index (χ3v) is 3.54. The maximum Gasteiger partial charge on any atom is 0.267 e. The first-order valence-corrected chi connectivity index (χ1v) is 6.92. The lowest BCUT2D eigenvalue weighted by Gasteiger charge is -2.30. The van der Waals surface area contributed by atoms with Gasteiger partial charge in [0.05, 0.1) is 18.3 Å². The number of nitrogens with zero attached hydrogens (tertiary/aromatic N) is 1. The second kappa shape index (κ2) is 6.24. The number of carbonyl (C=O) groups is 2. The number of aliphatic hydroxyl groups excluding tert-OH is 1. The number of likely N-dealkylation sites (N-methyl/N-ethyl adjacent to an activating group) is 1. The summed E-state index contributed by atoms with van der Waals surface area (Å²) in [4.78, 5) is 25.7. The molecule has 2 unspecified atom stereocenters. The van der Waals surface area contributed by atoms with Crippen molar-refractivity contribution in [2.75, 3.05) is 25.1 Å². The summed E-state index contributed by atoms with van der Waals surface area (Å²) in [6.07, 6.45) is -0.519. The van der Waals surface area contributed by atoms with Crippen molar-refractivity contribution in [3.05, 3.63) is 23.8 Å². The molecule has 0 aliphatic carbocycles. The molecular weight excluding hydrogens is 272 g/mol. The van der Waals surface area contributed by atoms with Gasteiger partial charge in [-0.1, -0.05) is 0 Å². The van der Waals surface area contributed by atoms with Gasteiger partial charge in [-0.15, -0.1) is 0 Å². The number of rotatable bonds is 5. The van der Waals surface area contributed by atoms with Crippen molar-refractivity contribution in [1.29, 1.82) is 0 Å². The highest BCUT2D eigenvalue weighted by Crippen LogP contribution is 2.34. The van der Waals surface area contributed by atoms with E-state index in [0.29, 0.717) is 23.5 Å². The Morgan fingerprint density at radius 2 is 2.24 bits per heavy atom. The van der Waals surface area contributed by atoms with Crippen molar-refractivity contribution < 1.29 is 19.4 Å². The number of aliphatic hydroxyl groups is 1. The predicted molar refractivity (Wildman–Crippen MR) is 78.8 cm³/mol. The van der Waals surface area contributed by atoms with Crippen LogP contribution in [0.5, 0.6) is 5.75 Å². The van der Waals surface area contributed by atoms with E-state index in [1.807, 2.05) is 0 Å². The average Bonchev–Trinajstić information content (AvgIpc) is 2.49. The largest absolute Gasteiger partial charge is 0.479 e. The molecule has 114 valence electrons. The molecule has 1 heterocycles. The standard InChI is InChI=1S/C15H20N2O4/c1-9(16-6-7-18)14(19)11-4-5-13-12(8-11)17(3)15(20)10(2)21-13/h4-5,8-10,16,18H,6-7H2,1-3H3. The van der Waals surface area contributed by atoms with E-state index in [-0.39, 0.29) is 18.3 Å². The SMILES string of the molecule is CC(NCCO)C(=O)c1ccc2c(c1)N(C)C(=O)C(C)O2. The molecule has 2 rings (SSSR count). The van der Waals surface area contributed by atoms with E-state index >= 15 is 0 Å². The van der Waals surface area contributed by atoms with Crippen molar-refractivity contribution in [3.63, 3.8) is 0 Å². The van der Waals surface area contributed by atoms with Crippen LogP contribution in [-0.4, -0.2) is 49.1 Å². The molecule has 0 fully saturated rings. The van der Waals surface area contributed by atoms with Crippen LogP contribution in [0.15, 0.2) is 18.2 Å². The smallest absolute Gasteiger partial charge is 0.267 e. The molecule has 0 spiro atoms. The molecule has 6 heteroatoms. The van der Waals surface area contributed by atoms with Gasteiger partial charge in [-0.05, 0) is 32.0 Å². The molecule has 2 atom stereocenters. The summed E-state index contributed by atoms with van der Waals surface area (Å²) in [5.41, 5.74) is 1.10. The highest BCUT2D eigenvalue weighted by Gasteiger charge is 2.29. The fourth-order valence-corrected chi connectivity index (χ4v) is 2.29. The fraction of sp³-hybridized carbons (Fsp3) is 0.467. The molecular formula is C15H20N2O4. The summed E-state index contributed by atoms with van der Waals surface area (Å²) >= 11 is 0. The molecule has 1 aromatic rings. The Kier molecular flexibility index (Phi) is 4.59. The van der Waals surface area contributed by atoms with Gasteiger partial charge in [0.2, 0.25) is 0 Å². The number of fused-ring (bicyclic) bond motifs is 1. The zero-order valence-electron chi connectivity index (χ0n) is 12.4. The van der Waals surface area contributed by atoms with Crippen LogP contribution < -0.4 is 15.0 Å². The van der Waals surface area contributed by atoms with Gasteiger partial charge < -0.3 is 20.1 Å². The van der Waals surface area contributed by atoms with Gasteiger partial charge >= 0.3 is 0 Å². The number of nitrogens with one attached hydrogen (secondary N) is 1. The Hall–Kier alpha value is -1.92. The van der Waals surface area contributed by atoms with E-state index in [1.165, 1.54) is 4.90 Å². The molecule has 1 aliphatic rings. The third-order valence-electron chi connectivity index (χ3n) is 3.54. The lowest BCUT2D eigenvalue weighted by Crippen LogP contribution is -2.42. The Morgan fingerprint density at radius 1 is 1.52 bits per heavy atom. The zero-order valence-corrected chi connectivity index (χ0v) is 12.4. The van der Waals surface area contributed by atoms with E-state index in [2.05, 4.69) is 5.32 Å². The first kappa shape index (κ1) is 15.5. The maximum atomic E-state index is 12.3. The van der Waals surface area contributed by atoms with Gasteiger partial charge in [-0.3, -0.25) is 9.59 Å². The summed E-state index contributed by atoms with van der Waals surface area (Å²) in [5.74, 6) is 0.362. The normalized spacial score (nSPS) is 19.0. The maximum absolute atomic E-state index is 12.3. The van der Waals surface area contributed by atoms with Crippen LogP contribution in [0.4, 0.5) is 5.69 Å². The quantitative estimate of drug-likeness (QED) is 0.776. The van der Waals surface area contributed by atoms with Crippen molar-refractivity contribution in [2.45, 2.75) is 26.0 Å². The number of benzene rings is 1. The summed E-state index contributed by atoms with van der Waals surface area (Å²) in [6, 6.07) is 4.66. The molecule has 0 bridgehead atoms. The Morgan fingerprint density at radius 3 is 2.90 bits per heavy atom. The van der Waals surface area contributed by atoms with Crippen LogP contribution in [0.1, 0.15) is 24.2 Å². The number of hydrogen-bond acceptors (Lipinski definition) is 5. The summed E-state index contributed by atoms with van der Waals surface area (Å²) in [7, 11) is 1.67. The van der Waals surface area contributed by atoms with Crippen molar-refractivity contribution in [1.82, 2.24) is 5.32 Å². The van der Waals surface area contributed by atoms with Gasteiger partial charge in [-0.2, -0.15) is 0 Å². The van der Waals surface area contributed by atoms with Crippen LogP contribution >= 0.6 is 0 Å². The van der Waals surface area contributed by atoms with Crippen molar-refractivity contribution >= 4 is 17.4 Å². The molecule has 21 heavy (non-hydrogen) atoms. The number of carbonyl (C=O) groups excluding carboxylic acids is 2. The Labute approximate surface area is 123 Å². The molecule has 1 amide bonds. The average molecular weight is 292 g/mol. The Balaban J connectivity index is 2.25. The van der Waals surface area contributed by atoms with Crippen molar-refractivity contribution in [2.24, 2.45) is 0 Å².